The summed E-state index contributed by atoms with van der Waals surface area (Å²) in [4.78, 5) is 46.2. The van der Waals surface area contributed by atoms with Crippen LogP contribution in [0, 0.1) is 0 Å². The number of nitrogens with zero attached hydrogens (tertiary/aromatic N) is 2. The third-order valence-electron chi connectivity index (χ3n) is 4.64. The second-order valence-electron chi connectivity index (χ2n) is 6.92. The highest BCUT2D eigenvalue weighted by molar-refractivity contribution is 6.31. The van der Waals surface area contributed by atoms with Crippen LogP contribution in [0.2, 0.25) is 10.0 Å². The van der Waals surface area contributed by atoms with Crippen molar-refractivity contribution < 1.29 is 9.59 Å². The molecule has 0 fully saturated rings. The van der Waals surface area contributed by atoms with Crippen molar-refractivity contribution in [1.29, 1.82) is 0 Å². The number of nitrogens with one attached hydrogen (secondary N) is 1. The molecule has 0 aliphatic heterocycles. The van der Waals surface area contributed by atoms with Gasteiger partial charge in [0.1, 0.15) is 5.82 Å². The average molecular weight is 446 g/mol. The highest BCUT2D eigenvalue weighted by Crippen LogP contribution is 2.16. The number of halogens is 2. The zero-order valence-corrected chi connectivity index (χ0v) is 18.0. The number of fused-ring (bicyclic) bond motifs is 1. The van der Waals surface area contributed by atoms with Crippen molar-refractivity contribution in [2.24, 2.45) is 0 Å². The molecule has 1 aromatic heterocycles. The molecule has 0 radical (unpaired) electrons. The molecule has 2 aromatic carbocycles. The van der Waals surface area contributed by atoms with Crippen molar-refractivity contribution in [3.8, 4) is 0 Å². The molecule has 0 saturated heterocycles. The number of ketones is 1. The van der Waals surface area contributed by atoms with Crippen molar-refractivity contribution in [3.63, 3.8) is 0 Å². The predicted molar refractivity (Wildman–Crippen MR) is 118 cm³/mol. The molecule has 6 nitrogen and oxygen atoms in total. The standard InChI is InChI=1S/C22H21Cl2N3O3/c1-2-11-27(21(29)10-9-19(28)14-3-5-15(23)6-4-14)13-20-25-18-12-16(24)7-8-17(18)22(30)26-20/h3-8,12H,2,9-11,13H2,1H3,(H,25,26,30). The Morgan fingerprint density at radius 2 is 1.73 bits per heavy atom. The van der Waals surface area contributed by atoms with Gasteiger partial charge in [0.05, 0.1) is 17.4 Å². The molecule has 3 aromatic rings. The molecule has 0 saturated carbocycles. The lowest BCUT2D eigenvalue weighted by atomic mass is 10.1. The molecule has 0 unspecified atom stereocenters. The molecule has 0 aliphatic carbocycles. The van der Waals surface area contributed by atoms with Crippen molar-refractivity contribution in [2.45, 2.75) is 32.7 Å². The van der Waals surface area contributed by atoms with Crippen molar-refractivity contribution in [2.75, 3.05) is 6.54 Å². The van der Waals surface area contributed by atoms with E-state index in [-0.39, 0.29) is 36.6 Å². The normalized spacial score (nSPS) is 10.9. The van der Waals surface area contributed by atoms with Crippen LogP contribution in [0.15, 0.2) is 47.3 Å². The largest absolute Gasteiger partial charge is 0.335 e. The van der Waals surface area contributed by atoms with Gasteiger partial charge in [-0.2, -0.15) is 0 Å². The summed E-state index contributed by atoms with van der Waals surface area (Å²) in [6, 6.07) is 11.5. The highest BCUT2D eigenvalue weighted by Gasteiger charge is 2.17. The van der Waals surface area contributed by atoms with Gasteiger partial charge in [0.15, 0.2) is 5.78 Å². The molecular weight excluding hydrogens is 425 g/mol. The smallest absolute Gasteiger partial charge is 0.258 e. The fourth-order valence-electron chi connectivity index (χ4n) is 3.14. The Kier molecular flexibility index (Phi) is 7.24. The first-order valence-corrected chi connectivity index (χ1v) is 10.4. The zero-order chi connectivity index (χ0) is 21.7. The van der Waals surface area contributed by atoms with E-state index in [2.05, 4.69) is 9.97 Å². The third-order valence-corrected chi connectivity index (χ3v) is 5.12. The lowest BCUT2D eigenvalue weighted by Gasteiger charge is -2.21. The van der Waals surface area contributed by atoms with Gasteiger partial charge in [-0.1, -0.05) is 30.1 Å². The molecule has 0 atom stereocenters. The van der Waals surface area contributed by atoms with Gasteiger partial charge in [-0.15, -0.1) is 0 Å². The summed E-state index contributed by atoms with van der Waals surface area (Å²) < 4.78 is 0. The Balaban J connectivity index is 1.71. The summed E-state index contributed by atoms with van der Waals surface area (Å²) in [5.41, 5.74) is 0.711. The van der Waals surface area contributed by atoms with E-state index in [1.54, 1.807) is 47.4 Å². The van der Waals surface area contributed by atoms with Crippen LogP contribution in [0.4, 0.5) is 0 Å². The molecule has 156 valence electrons. The van der Waals surface area contributed by atoms with E-state index in [0.29, 0.717) is 38.9 Å². The van der Waals surface area contributed by atoms with E-state index in [1.165, 1.54) is 0 Å². The highest BCUT2D eigenvalue weighted by atomic mass is 35.5. The number of benzene rings is 2. The summed E-state index contributed by atoms with van der Waals surface area (Å²) >= 11 is 11.8. The summed E-state index contributed by atoms with van der Waals surface area (Å²) in [5, 5.41) is 1.47. The van der Waals surface area contributed by atoms with E-state index in [9.17, 15) is 14.4 Å². The number of Topliss-reactive ketones (excluding diaryl/α,β-unsaturated/α-hetero) is 1. The van der Waals surface area contributed by atoms with Crippen LogP contribution >= 0.6 is 23.2 Å². The summed E-state index contributed by atoms with van der Waals surface area (Å²) in [7, 11) is 0. The minimum absolute atomic E-state index is 0.0745. The number of aromatic nitrogens is 2. The fraction of sp³-hybridized carbons (Fsp3) is 0.273. The van der Waals surface area contributed by atoms with Crippen LogP contribution in [0.25, 0.3) is 10.9 Å². The van der Waals surface area contributed by atoms with E-state index < -0.39 is 0 Å². The van der Waals surface area contributed by atoms with Crippen LogP contribution in [0.3, 0.4) is 0 Å². The van der Waals surface area contributed by atoms with E-state index in [4.69, 9.17) is 23.2 Å². The third kappa shape index (κ3) is 5.46. The fourth-order valence-corrected chi connectivity index (χ4v) is 3.43. The van der Waals surface area contributed by atoms with Gasteiger partial charge in [-0.25, -0.2) is 4.98 Å². The minimum atomic E-state index is -0.284. The van der Waals surface area contributed by atoms with Crippen LogP contribution in [0.5, 0.6) is 0 Å². The topological polar surface area (TPSA) is 83.1 Å². The first kappa shape index (κ1) is 22.0. The summed E-state index contributed by atoms with van der Waals surface area (Å²) in [6.07, 6.45) is 0.906. The molecule has 1 heterocycles. The number of hydrogen-bond donors (Lipinski definition) is 1. The summed E-state index contributed by atoms with van der Waals surface area (Å²) in [6.45, 7) is 2.60. The maximum Gasteiger partial charge on any atom is 0.258 e. The molecule has 8 heteroatoms. The number of H-pyrrole nitrogens is 1. The lowest BCUT2D eigenvalue weighted by Crippen LogP contribution is -2.33. The van der Waals surface area contributed by atoms with Gasteiger partial charge in [0, 0.05) is 35.0 Å². The molecule has 0 spiro atoms. The molecule has 0 aliphatic rings. The van der Waals surface area contributed by atoms with E-state index >= 15 is 0 Å². The molecule has 3 rings (SSSR count). The van der Waals surface area contributed by atoms with Gasteiger partial charge in [0.2, 0.25) is 5.91 Å². The Morgan fingerprint density at radius 1 is 1.03 bits per heavy atom. The molecule has 30 heavy (non-hydrogen) atoms. The average Bonchev–Trinajstić information content (AvgIpc) is 2.71. The Labute approximate surface area is 183 Å². The maximum absolute atomic E-state index is 12.7. The number of amides is 1. The predicted octanol–water partition coefficient (Wildman–Crippen LogP) is 4.63. The van der Waals surface area contributed by atoms with Gasteiger partial charge in [0.25, 0.3) is 5.56 Å². The quantitative estimate of drug-likeness (QED) is 0.512. The van der Waals surface area contributed by atoms with Crippen LogP contribution in [0.1, 0.15) is 42.4 Å². The molecular formula is C22H21Cl2N3O3. The van der Waals surface area contributed by atoms with Crippen molar-refractivity contribution in [3.05, 3.63) is 74.3 Å². The van der Waals surface area contributed by atoms with Crippen LogP contribution in [-0.2, 0) is 11.3 Å². The van der Waals surface area contributed by atoms with Gasteiger partial charge in [-0.05, 0) is 48.9 Å². The molecule has 1 amide bonds. The van der Waals surface area contributed by atoms with E-state index in [1.807, 2.05) is 6.92 Å². The first-order chi connectivity index (χ1) is 14.4. The number of rotatable bonds is 8. The first-order valence-electron chi connectivity index (χ1n) is 9.62. The molecule has 0 bridgehead atoms. The maximum atomic E-state index is 12.7. The number of carbonyl (C=O) groups excluding carboxylic acids is 2. The zero-order valence-electron chi connectivity index (χ0n) is 16.5. The van der Waals surface area contributed by atoms with Gasteiger partial charge < -0.3 is 9.88 Å². The number of hydrogen-bond acceptors (Lipinski definition) is 4. The number of aromatic amines is 1. The minimum Gasteiger partial charge on any atom is -0.335 e. The van der Waals surface area contributed by atoms with Crippen LogP contribution < -0.4 is 5.56 Å². The molecule has 1 N–H and O–H groups in total. The van der Waals surface area contributed by atoms with Crippen molar-refractivity contribution in [1.82, 2.24) is 14.9 Å². The Bertz CT molecular complexity index is 1130. The second kappa shape index (κ2) is 9.87. The Hall–Kier alpha value is -2.70. The monoisotopic (exact) mass is 445 g/mol. The van der Waals surface area contributed by atoms with Crippen molar-refractivity contribution >= 4 is 45.8 Å². The second-order valence-corrected chi connectivity index (χ2v) is 7.79. The SMILES string of the molecule is CCCN(Cc1nc2cc(Cl)ccc2c(=O)[nH]1)C(=O)CCC(=O)c1ccc(Cl)cc1. The van der Waals surface area contributed by atoms with E-state index in [0.717, 1.165) is 6.42 Å². The summed E-state index contributed by atoms with van der Waals surface area (Å²) in [5.74, 6) is 0.0805. The Morgan fingerprint density at radius 3 is 2.43 bits per heavy atom. The number of carbonyl (C=O) groups is 2. The lowest BCUT2D eigenvalue weighted by molar-refractivity contribution is -0.131. The van der Waals surface area contributed by atoms with Gasteiger partial charge >= 0.3 is 0 Å². The van der Waals surface area contributed by atoms with Gasteiger partial charge in [-0.3, -0.25) is 14.4 Å². The van der Waals surface area contributed by atoms with Crippen LogP contribution in [-0.4, -0.2) is 33.1 Å².